The van der Waals surface area contributed by atoms with Crippen LogP contribution < -0.4 is 5.32 Å². The van der Waals surface area contributed by atoms with Crippen molar-refractivity contribution in [1.82, 2.24) is 10.2 Å². The molecule has 1 heterocycles. The Morgan fingerprint density at radius 3 is 1.67 bits per heavy atom. The summed E-state index contributed by atoms with van der Waals surface area (Å²) in [5.74, 6) is 0. The molecule has 3 aromatic rings. The molecule has 2 atom stereocenters. The van der Waals surface area contributed by atoms with E-state index in [1.165, 1.54) is 0 Å². The second-order valence-corrected chi connectivity index (χ2v) is 7.69. The minimum Gasteiger partial charge on any atom is -0.465 e. The number of nitrogens with zero attached hydrogens (tertiary/aromatic N) is 1. The van der Waals surface area contributed by atoms with E-state index in [4.69, 9.17) is 0 Å². The lowest BCUT2D eigenvalue weighted by atomic mass is 9.74. The van der Waals surface area contributed by atoms with Gasteiger partial charge in [-0.15, -0.1) is 0 Å². The smallest absolute Gasteiger partial charge is 0.404 e. The molecular formula is C25H25FN2O2. The van der Waals surface area contributed by atoms with Crippen molar-refractivity contribution in [2.24, 2.45) is 0 Å². The fourth-order valence-electron chi connectivity index (χ4n) is 4.68. The van der Waals surface area contributed by atoms with Crippen LogP contribution >= 0.6 is 0 Å². The topological polar surface area (TPSA) is 52.6 Å². The van der Waals surface area contributed by atoms with Crippen LogP contribution in [0.25, 0.3) is 0 Å². The zero-order valence-electron chi connectivity index (χ0n) is 16.6. The Morgan fingerprint density at radius 2 is 1.27 bits per heavy atom. The van der Waals surface area contributed by atoms with E-state index in [2.05, 4.69) is 46.6 Å². The summed E-state index contributed by atoms with van der Waals surface area (Å²) in [6.45, 7) is 0.627. The van der Waals surface area contributed by atoms with E-state index in [-0.39, 0.29) is 13.0 Å². The van der Waals surface area contributed by atoms with Gasteiger partial charge in [-0.2, -0.15) is 0 Å². The van der Waals surface area contributed by atoms with Crippen molar-refractivity contribution in [3.8, 4) is 0 Å². The molecule has 0 radical (unpaired) electrons. The molecule has 0 saturated carbocycles. The highest BCUT2D eigenvalue weighted by Crippen LogP contribution is 2.43. The van der Waals surface area contributed by atoms with Crippen LogP contribution in [0.3, 0.4) is 0 Å². The standard InChI is InChI=1S/C25H25FN2O2/c26-22-16-23(27-24(29)30)18-28(17-22)25(19-10-4-1-5-11-19,20-12-6-2-7-13-20)21-14-8-3-9-15-21/h1-15,22-23,27H,16-18H2,(H,29,30)/t22-,23-/m1/s1. The van der Waals surface area contributed by atoms with Crippen molar-refractivity contribution in [3.05, 3.63) is 108 Å². The van der Waals surface area contributed by atoms with Gasteiger partial charge in [0.2, 0.25) is 0 Å². The van der Waals surface area contributed by atoms with Gasteiger partial charge in [-0.25, -0.2) is 9.18 Å². The number of alkyl halides is 1. The minimum absolute atomic E-state index is 0.178. The predicted octanol–water partition coefficient (Wildman–Crippen LogP) is 4.66. The summed E-state index contributed by atoms with van der Waals surface area (Å²) in [5.41, 5.74) is 2.31. The highest BCUT2D eigenvalue weighted by atomic mass is 19.1. The maximum Gasteiger partial charge on any atom is 0.404 e. The van der Waals surface area contributed by atoms with E-state index >= 15 is 0 Å². The van der Waals surface area contributed by atoms with E-state index in [0.29, 0.717) is 6.54 Å². The van der Waals surface area contributed by atoms with Crippen LogP contribution in [0, 0.1) is 0 Å². The Kier molecular flexibility index (Phi) is 5.81. The lowest BCUT2D eigenvalue weighted by molar-refractivity contribution is 0.0539. The van der Waals surface area contributed by atoms with Gasteiger partial charge in [0.1, 0.15) is 6.17 Å². The Labute approximate surface area is 176 Å². The van der Waals surface area contributed by atoms with Crippen LogP contribution in [0.4, 0.5) is 9.18 Å². The molecule has 0 aromatic heterocycles. The molecule has 5 heteroatoms. The molecule has 1 amide bonds. The minimum atomic E-state index is -1.13. The third-order valence-electron chi connectivity index (χ3n) is 5.78. The molecule has 4 rings (SSSR count). The lowest BCUT2D eigenvalue weighted by Crippen LogP contribution is -2.59. The Bertz CT molecular complexity index is 870. The maximum atomic E-state index is 14.9. The van der Waals surface area contributed by atoms with Gasteiger partial charge in [0.05, 0.1) is 5.54 Å². The van der Waals surface area contributed by atoms with E-state index in [1.807, 2.05) is 54.6 Å². The number of benzene rings is 3. The number of halogens is 1. The van der Waals surface area contributed by atoms with Crippen LogP contribution in [0.2, 0.25) is 0 Å². The fraction of sp³-hybridized carbons (Fsp3) is 0.240. The summed E-state index contributed by atoms with van der Waals surface area (Å²) in [4.78, 5) is 13.4. The molecule has 1 aliphatic heterocycles. The summed E-state index contributed by atoms with van der Waals surface area (Å²) in [6, 6.07) is 29.7. The fourth-order valence-corrected chi connectivity index (χ4v) is 4.68. The van der Waals surface area contributed by atoms with Gasteiger partial charge in [-0.3, -0.25) is 4.90 Å². The van der Waals surface area contributed by atoms with Gasteiger partial charge >= 0.3 is 6.09 Å². The molecule has 1 aliphatic rings. The van der Waals surface area contributed by atoms with E-state index < -0.39 is 23.8 Å². The number of rotatable bonds is 5. The van der Waals surface area contributed by atoms with E-state index in [9.17, 15) is 14.3 Å². The molecule has 3 aromatic carbocycles. The van der Waals surface area contributed by atoms with Crippen LogP contribution in [0.15, 0.2) is 91.0 Å². The molecule has 1 saturated heterocycles. The molecule has 1 fully saturated rings. The third-order valence-corrected chi connectivity index (χ3v) is 5.78. The number of hydrogen-bond donors (Lipinski definition) is 2. The van der Waals surface area contributed by atoms with E-state index in [1.54, 1.807) is 0 Å². The first-order valence-corrected chi connectivity index (χ1v) is 10.2. The number of carboxylic acid groups (broad SMARTS) is 1. The van der Waals surface area contributed by atoms with Crippen LogP contribution in [-0.4, -0.2) is 41.4 Å². The monoisotopic (exact) mass is 404 g/mol. The number of piperidine rings is 1. The van der Waals surface area contributed by atoms with Crippen molar-refractivity contribution in [1.29, 1.82) is 0 Å². The number of likely N-dealkylation sites (tertiary alicyclic amines) is 1. The average Bonchev–Trinajstić information content (AvgIpc) is 2.76. The highest BCUT2D eigenvalue weighted by Gasteiger charge is 2.45. The molecule has 2 N–H and O–H groups in total. The van der Waals surface area contributed by atoms with Gasteiger partial charge in [0, 0.05) is 25.6 Å². The number of hydrogen-bond acceptors (Lipinski definition) is 2. The lowest BCUT2D eigenvalue weighted by Gasteiger charge is -2.49. The van der Waals surface area contributed by atoms with Crippen molar-refractivity contribution in [3.63, 3.8) is 0 Å². The molecule has 4 nitrogen and oxygen atoms in total. The average molecular weight is 404 g/mol. The summed E-state index contributed by atoms with van der Waals surface area (Å²) in [7, 11) is 0. The largest absolute Gasteiger partial charge is 0.465 e. The molecule has 0 aliphatic carbocycles. The normalized spacial score (nSPS) is 19.9. The second-order valence-electron chi connectivity index (χ2n) is 7.69. The molecule has 0 unspecified atom stereocenters. The van der Waals surface area contributed by atoms with Gasteiger partial charge in [0.15, 0.2) is 0 Å². The summed E-state index contributed by atoms with van der Waals surface area (Å²) in [6.07, 6.45) is -2.08. The van der Waals surface area contributed by atoms with Crippen molar-refractivity contribution in [2.75, 3.05) is 13.1 Å². The van der Waals surface area contributed by atoms with Crippen LogP contribution in [0.1, 0.15) is 23.1 Å². The van der Waals surface area contributed by atoms with Gasteiger partial charge in [-0.1, -0.05) is 91.0 Å². The SMILES string of the molecule is O=C(O)N[C@@H]1C[C@@H](F)CN(C(c2ccccc2)(c2ccccc2)c2ccccc2)C1. The Morgan fingerprint density at radius 1 is 0.833 bits per heavy atom. The third kappa shape index (κ3) is 3.81. The molecular weight excluding hydrogens is 379 g/mol. The van der Waals surface area contributed by atoms with Crippen molar-refractivity contribution in [2.45, 2.75) is 24.2 Å². The zero-order valence-corrected chi connectivity index (χ0v) is 16.6. The first-order valence-electron chi connectivity index (χ1n) is 10.2. The highest BCUT2D eigenvalue weighted by molar-refractivity contribution is 5.65. The first kappa shape index (κ1) is 20.1. The van der Waals surface area contributed by atoms with Crippen LogP contribution in [-0.2, 0) is 5.54 Å². The van der Waals surface area contributed by atoms with Gasteiger partial charge in [0.25, 0.3) is 0 Å². The molecule has 30 heavy (non-hydrogen) atoms. The van der Waals surface area contributed by atoms with Gasteiger partial charge in [-0.05, 0) is 16.7 Å². The number of amides is 1. The Balaban J connectivity index is 1.94. The summed E-state index contributed by atoms with van der Waals surface area (Å²) >= 11 is 0. The Hall–Kier alpha value is -3.18. The second kappa shape index (κ2) is 8.67. The molecule has 0 bridgehead atoms. The van der Waals surface area contributed by atoms with Crippen molar-refractivity contribution >= 4 is 6.09 Å². The maximum absolute atomic E-state index is 14.9. The van der Waals surface area contributed by atoms with Gasteiger partial charge < -0.3 is 10.4 Å². The number of carbonyl (C=O) groups is 1. The predicted molar refractivity (Wildman–Crippen MR) is 115 cm³/mol. The first-order chi connectivity index (χ1) is 14.6. The van der Waals surface area contributed by atoms with Crippen molar-refractivity contribution < 1.29 is 14.3 Å². The quantitative estimate of drug-likeness (QED) is 0.608. The molecule has 154 valence electrons. The van der Waals surface area contributed by atoms with Crippen LogP contribution in [0.5, 0.6) is 0 Å². The summed E-state index contributed by atoms with van der Waals surface area (Å²) in [5, 5.41) is 11.7. The molecule has 0 spiro atoms. The summed E-state index contributed by atoms with van der Waals surface area (Å²) < 4.78 is 14.9. The van der Waals surface area contributed by atoms with E-state index in [0.717, 1.165) is 16.7 Å². The zero-order chi connectivity index (χ0) is 21.0. The number of nitrogens with one attached hydrogen (secondary N) is 1.